The summed E-state index contributed by atoms with van der Waals surface area (Å²) in [5.41, 5.74) is -0.494. The number of carbonyl (C=O) groups is 2. The van der Waals surface area contributed by atoms with Crippen LogP contribution in [0.1, 0.15) is 46.5 Å². The molecule has 0 aromatic rings. The van der Waals surface area contributed by atoms with Gasteiger partial charge in [0.2, 0.25) is 0 Å². The van der Waals surface area contributed by atoms with Crippen molar-refractivity contribution in [3.05, 3.63) is 0 Å². The van der Waals surface area contributed by atoms with Gasteiger partial charge in [-0.2, -0.15) is 11.8 Å². The SMILES string of the molecule is CC(C)(C)OC(=O)N1CCCCC1CNC(=O)N1CCCSCC1. The summed E-state index contributed by atoms with van der Waals surface area (Å²) in [7, 11) is 0. The Balaban J connectivity index is 1.86. The van der Waals surface area contributed by atoms with Crippen LogP contribution >= 0.6 is 11.8 Å². The summed E-state index contributed by atoms with van der Waals surface area (Å²) in [5, 5.41) is 3.03. The molecular weight excluding hydrogens is 326 g/mol. The number of piperidine rings is 1. The van der Waals surface area contributed by atoms with Crippen LogP contribution in [0.3, 0.4) is 0 Å². The van der Waals surface area contributed by atoms with Crippen molar-refractivity contribution in [2.24, 2.45) is 0 Å². The number of urea groups is 1. The summed E-state index contributed by atoms with van der Waals surface area (Å²) in [5.74, 6) is 2.12. The highest BCUT2D eigenvalue weighted by molar-refractivity contribution is 7.99. The molecule has 2 aliphatic heterocycles. The average Bonchev–Trinajstić information content (AvgIpc) is 2.80. The van der Waals surface area contributed by atoms with Crippen LogP contribution in [0.15, 0.2) is 0 Å². The Labute approximate surface area is 149 Å². The van der Waals surface area contributed by atoms with E-state index in [1.807, 2.05) is 37.4 Å². The highest BCUT2D eigenvalue weighted by Crippen LogP contribution is 2.20. The van der Waals surface area contributed by atoms with Crippen LogP contribution in [-0.4, -0.2) is 71.3 Å². The molecule has 138 valence electrons. The van der Waals surface area contributed by atoms with Crippen molar-refractivity contribution in [3.8, 4) is 0 Å². The Morgan fingerprint density at radius 3 is 2.67 bits per heavy atom. The molecule has 0 bridgehead atoms. The third-order valence-corrected chi connectivity index (χ3v) is 5.30. The molecule has 24 heavy (non-hydrogen) atoms. The van der Waals surface area contributed by atoms with Crippen molar-refractivity contribution < 1.29 is 14.3 Å². The smallest absolute Gasteiger partial charge is 0.410 e. The molecular formula is C17H31N3O3S. The molecule has 0 aromatic heterocycles. The maximum absolute atomic E-state index is 12.4. The van der Waals surface area contributed by atoms with Crippen molar-refractivity contribution in [3.63, 3.8) is 0 Å². The van der Waals surface area contributed by atoms with E-state index in [0.717, 1.165) is 50.3 Å². The van der Waals surface area contributed by atoms with Gasteiger partial charge in [0.1, 0.15) is 5.60 Å². The van der Waals surface area contributed by atoms with E-state index in [2.05, 4.69) is 5.32 Å². The number of thioether (sulfide) groups is 1. The maximum Gasteiger partial charge on any atom is 0.410 e. The molecule has 7 heteroatoms. The topological polar surface area (TPSA) is 61.9 Å². The van der Waals surface area contributed by atoms with Crippen molar-refractivity contribution in [2.45, 2.75) is 58.1 Å². The van der Waals surface area contributed by atoms with Gasteiger partial charge in [-0.1, -0.05) is 0 Å². The number of hydrogen-bond donors (Lipinski definition) is 1. The Morgan fingerprint density at radius 1 is 1.12 bits per heavy atom. The number of likely N-dealkylation sites (tertiary alicyclic amines) is 1. The summed E-state index contributed by atoms with van der Waals surface area (Å²) in [4.78, 5) is 28.4. The third kappa shape index (κ3) is 6.07. The molecule has 0 radical (unpaired) electrons. The van der Waals surface area contributed by atoms with Crippen molar-refractivity contribution in [1.29, 1.82) is 0 Å². The monoisotopic (exact) mass is 357 g/mol. The molecule has 0 spiro atoms. The van der Waals surface area contributed by atoms with Gasteiger partial charge in [0, 0.05) is 31.9 Å². The molecule has 2 aliphatic rings. The predicted molar refractivity (Wildman–Crippen MR) is 97.5 cm³/mol. The van der Waals surface area contributed by atoms with Crippen LogP contribution < -0.4 is 5.32 Å². The van der Waals surface area contributed by atoms with Crippen molar-refractivity contribution >= 4 is 23.9 Å². The fourth-order valence-corrected chi connectivity index (χ4v) is 3.93. The van der Waals surface area contributed by atoms with Gasteiger partial charge in [0.15, 0.2) is 0 Å². The fraction of sp³-hybridized carbons (Fsp3) is 0.882. The van der Waals surface area contributed by atoms with E-state index < -0.39 is 5.60 Å². The van der Waals surface area contributed by atoms with Crippen LogP contribution in [-0.2, 0) is 4.74 Å². The van der Waals surface area contributed by atoms with Crippen molar-refractivity contribution in [2.75, 3.05) is 37.7 Å². The second-order valence-electron chi connectivity index (χ2n) is 7.46. The quantitative estimate of drug-likeness (QED) is 0.825. The Kier molecular flexibility index (Phi) is 7.07. The summed E-state index contributed by atoms with van der Waals surface area (Å²) < 4.78 is 5.51. The van der Waals surface area contributed by atoms with E-state index in [1.165, 1.54) is 0 Å². The first-order valence-electron chi connectivity index (χ1n) is 8.97. The molecule has 6 nitrogen and oxygen atoms in total. The largest absolute Gasteiger partial charge is 0.444 e. The van der Waals surface area contributed by atoms with Gasteiger partial charge in [0.05, 0.1) is 6.04 Å². The summed E-state index contributed by atoms with van der Waals surface area (Å²) in [6, 6.07) is 0.0196. The number of ether oxygens (including phenoxy) is 1. The van der Waals surface area contributed by atoms with Gasteiger partial charge >= 0.3 is 12.1 Å². The number of nitrogens with zero attached hydrogens (tertiary/aromatic N) is 2. The van der Waals surface area contributed by atoms with Gasteiger partial charge in [-0.05, 0) is 52.2 Å². The van der Waals surface area contributed by atoms with Gasteiger partial charge < -0.3 is 19.9 Å². The van der Waals surface area contributed by atoms with E-state index in [1.54, 1.807) is 4.90 Å². The minimum atomic E-state index is -0.494. The van der Waals surface area contributed by atoms with Gasteiger partial charge in [-0.3, -0.25) is 0 Å². The minimum Gasteiger partial charge on any atom is -0.444 e. The number of nitrogens with one attached hydrogen (secondary N) is 1. The molecule has 1 unspecified atom stereocenters. The number of amides is 3. The Hall–Kier alpha value is -1.11. The lowest BCUT2D eigenvalue weighted by atomic mass is 10.0. The van der Waals surface area contributed by atoms with E-state index >= 15 is 0 Å². The zero-order chi connectivity index (χ0) is 17.6. The molecule has 0 saturated carbocycles. The summed E-state index contributed by atoms with van der Waals surface area (Å²) in [6.07, 6.45) is 3.77. The standard InChI is InChI=1S/C17H31N3O3S/c1-17(2,3)23-16(22)20-9-5-4-7-14(20)13-18-15(21)19-8-6-11-24-12-10-19/h14H,4-13H2,1-3H3,(H,18,21). The highest BCUT2D eigenvalue weighted by Gasteiger charge is 2.31. The molecule has 1 N–H and O–H groups in total. The first-order chi connectivity index (χ1) is 11.4. The Morgan fingerprint density at radius 2 is 1.92 bits per heavy atom. The maximum atomic E-state index is 12.4. The van der Waals surface area contributed by atoms with Crippen LogP contribution in [0.25, 0.3) is 0 Å². The minimum absolute atomic E-state index is 0.00721. The molecule has 2 saturated heterocycles. The number of hydrogen-bond acceptors (Lipinski definition) is 4. The molecule has 2 heterocycles. The number of carbonyl (C=O) groups excluding carboxylic acids is 2. The van der Waals surface area contributed by atoms with Crippen LogP contribution in [0.4, 0.5) is 9.59 Å². The first kappa shape index (κ1) is 19.2. The van der Waals surface area contributed by atoms with Gasteiger partial charge in [-0.15, -0.1) is 0 Å². The van der Waals surface area contributed by atoms with Crippen LogP contribution in [0, 0.1) is 0 Å². The lowest BCUT2D eigenvalue weighted by molar-refractivity contribution is 0.0101. The van der Waals surface area contributed by atoms with Gasteiger partial charge in [0.25, 0.3) is 0 Å². The van der Waals surface area contributed by atoms with Crippen LogP contribution in [0.5, 0.6) is 0 Å². The molecule has 2 fully saturated rings. The summed E-state index contributed by atoms with van der Waals surface area (Å²) >= 11 is 1.90. The zero-order valence-corrected chi connectivity index (χ0v) is 16.0. The van der Waals surface area contributed by atoms with E-state index in [9.17, 15) is 9.59 Å². The first-order valence-corrected chi connectivity index (χ1v) is 10.1. The lowest BCUT2D eigenvalue weighted by Gasteiger charge is -2.37. The summed E-state index contributed by atoms with van der Waals surface area (Å²) in [6.45, 7) is 8.46. The average molecular weight is 358 g/mol. The lowest BCUT2D eigenvalue weighted by Crippen LogP contribution is -2.52. The highest BCUT2D eigenvalue weighted by atomic mass is 32.2. The normalized spacial score (nSPS) is 22.7. The fourth-order valence-electron chi connectivity index (χ4n) is 3.04. The van der Waals surface area contributed by atoms with E-state index in [4.69, 9.17) is 4.74 Å². The second kappa shape index (κ2) is 8.83. The molecule has 1 atom stereocenters. The zero-order valence-electron chi connectivity index (χ0n) is 15.2. The van der Waals surface area contributed by atoms with E-state index in [0.29, 0.717) is 13.1 Å². The van der Waals surface area contributed by atoms with E-state index in [-0.39, 0.29) is 18.2 Å². The van der Waals surface area contributed by atoms with Gasteiger partial charge in [-0.25, -0.2) is 9.59 Å². The third-order valence-electron chi connectivity index (χ3n) is 4.25. The molecule has 3 amide bonds. The second-order valence-corrected chi connectivity index (χ2v) is 8.69. The Bertz CT molecular complexity index is 431. The van der Waals surface area contributed by atoms with Crippen LogP contribution in [0.2, 0.25) is 0 Å². The molecule has 2 rings (SSSR count). The number of rotatable bonds is 2. The predicted octanol–water partition coefficient (Wildman–Crippen LogP) is 2.92. The molecule has 0 aliphatic carbocycles. The van der Waals surface area contributed by atoms with Crippen molar-refractivity contribution in [1.82, 2.24) is 15.1 Å². The molecule has 0 aromatic carbocycles.